The van der Waals surface area contributed by atoms with E-state index < -0.39 is 11.7 Å². The second-order valence-electron chi connectivity index (χ2n) is 32.1. The third kappa shape index (κ3) is 34.2. The van der Waals surface area contributed by atoms with Crippen molar-refractivity contribution in [1.29, 1.82) is 0 Å². The predicted octanol–water partition coefficient (Wildman–Crippen LogP) is 34.9. The average Bonchev–Trinajstić information content (AvgIpc) is 1.74. The van der Waals surface area contributed by atoms with Crippen molar-refractivity contribution in [3.8, 4) is 34.4 Å². The Morgan fingerprint density at radius 2 is 0.845 bits per heavy atom. The van der Waals surface area contributed by atoms with Crippen LogP contribution in [0.2, 0.25) is 25.1 Å². The lowest BCUT2D eigenvalue weighted by Gasteiger charge is -2.21. The lowest BCUT2D eigenvalue weighted by molar-refractivity contribution is -0.137. The van der Waals surface area contributed by atoms with Crippen molar-refractivity contribution in [2.45, 2.75) is 225 Å². The van der Waals surface area contributed by atoms with Gasteiger partial charge in [0.15, 0.2) is 0 Å². The van der Waals surface area contributed by atoms with Crippen LogP contribution in [0.25, 0.3) is 11.4 Å². The highest BCUT2D eigenvalue weighted by Crippen LogP contribution is 2.38. The number of benzene rings is 9. The van der Waals surface area contributed by atoms with Crippen molar-refractivity contribution in [3.63, 3.8) is 0 Å². The summed E-state index contributed by atoms with van der Waals surface area (Å²) in [5.74, 6) is 7.08. The molecule has 0 saturated heterocycles. The monoisotopic (exact) mass is 1840 g/mol. The van der Waals surface area contributed by atoms with Gasteiger partial charge in [-0.3, -0.25) is 4.98 Å². The zero-order chi connectivity index (χ0) is 86.5. The Balaban J connectivity index is 0.000000237. The smallest absolute Gasteiger partial charge is 0.417 e. The molecule has 0 unspecified atom stereocenters. The fourth-order valence-electron chi connectivity index (χ4n) is 11.2. The fraction of sp³-hybridized carbons (Fsp3) is 0.340. The standard InChI is InChI=1S/C16H18O.C15H14Cl2O.C14H18N2.C13H19Br.C13H15N.C10H10ClF3.C10H15N.C9H9Cl2I/c1-12(2)14-5-4-6-16(11-14)17-15-9-7-13(3)8-10-15;1-10(2)11-4-3-5-14(6-11)18-15-8-12(16)7-13(17)9-15;1-10(2)13-6-5-7-14(9-13)16-12(4)8-11(3)15-16;1-9(2)10-6-11(13(3,4)5)8-12(14)7-10;1-11(2)12-6-5-7-13(10-12)14-8-3-4-9-14;1-6(2)7-3-4-9(11)8(5-7)10(12,13)14;1-4-10-6-5-9(7-11-10)8(2)3;1-5(2)6-3-7(10)9(12)8(11)4-6/h4-12H,1-3H3;3-10H,1-2H3;5-10H,1-4H3;6-9H,1-5H3;3-11H,1-2H3;3-6H,1-2H3;5-8H,4H2,1-3H3;3-5H,1-2H3. The van der Waals surface area contributed by atoms with E-state index in [4.69, 9.17) is 67.5 Å². The topological polar surface area (TPSA) is 54.1 Å². The lowest BCUT2D eigenvalue weighted by Crippen LogP contribution is -2.11. The van der Waals surface area contributed by atoms with E-state index in [9.17, 15) is 13.2 Å². The molecule has 620 valence electrons. The zero-order valence-corrected chi connectivity index (χ0v) is 79.3. The first-order valence-corrected chi connectivity index (χ1v) is 43.4. The Hall–Kier alpha value is -7.33. The van der Waals surface area contributed by atoms with E-state index >= 15 is 0 Å². The van der Waals surface area contributed by atoms with E-state index in [1.54, 1.807) is 24.3 Å². The Morgan fingerprint density at radius 1 is 0.414 bits per heavy atom. The summed E-state index contributed by atoms with van der Waals surface area (Å²) in [7, 11) is 0. The van der Waals surface area contributed by atoms with E-state index in [0.29, 0.717) is 62.8 Å². The van der Waals surface area contributed by atoms with Crippen molar-refractivity contribution >= 4 is 96.5 Å². The Morgan fingerprint density at radius 3 is 1.28 bits per heavy atom. The van der Waals surface area contributed by atoms with Gasteiger partial charge in [-0.1, -0.05) is 297 Å². The SMILES string of the molecule is CC(C)c1cc(Br)cc(C(C)(C)C)c1.CC(C)c1cc(Cl)c(I)c(Cl)c1.CC(C)c1ccc(Cl)c(C(F)(F)F)c1.CC(C)c1cccc(-n2cccc2)c1.CC(C)c1cccc(Oc2cc(Cl)cc(Cl)c2)c1.CCc1ccc(C(C)C)cn1.Cc1cc(C)n(-c2cccc(C(C)C)c2)n1.Cc1ccc(Oc2cccc(C(C)C)c2)cc1. The van der Waals surface area contributed by atoms with Crippen LogP contribution in [0.1, 0.15) is 264 Å². The molecule has 0 fully saturated rings. The van der Waals surface area contributed by atoms with E-state index in [1.807, 2.05) is 98.4 Å². The number of hydrogen-bond acceptors (Lipinski definition) is 4. The van der Waals surface area contributed by atoms with Crippen molar-refractivity contribution in [2.24, 2.45) is 0 Å². The molecule has 3 heterocycles. The van der Waals surface area contributed by atoms with Gasteiger partial charge in [0.1, 0.15) is 23.0 Å². The lowest BCUT2D eigenvalue weighted by atomic mass is 9.85. The maximum Gasteiger partial charge on any atom is 0.417 e. The van der Waals surface area contributed by atoms with E-state index in [1.165, 1.54) is 77.7 Å². The number of nitrogens with zero attached hydrogens (tertiary/aromatic N) is 4. The second kappa shape index (κ2) is 48.1. The maximum absolute atomic E-state index is 12.4. The molecule has 6 nitrogen and oxygen atoms in total. The average molecular weight is 1850 g/mol. The summed E-state index contributed by atoms with van der Waals surface area (Å²) in [5, 5.41) is 6.87. The molecule has 12 aromatic rings. The highest BCUT2D eigenvalue weighted by Gasteiger charge is 2.33. The van der Waals surface area contributed by atoms with Gasteiger partial charge in [0.25, 0.3) is 0 Å². The van der Waals surface area contributed by atoms with E-state index in [0.717, 1.165) is 54.7 Å². The molecule has 16 heteroatoms. The summed E-state index contributed by atoms with van der Waals surface area (Å²) in [6.07, 6.45) is 2.77. The van der Waals surface area contributed by atoms with Crippen LogP contribution in [0.5, 0.6) is 23.0 Å². The number of alkyl halides is 3. The number of aryl methyl sites for hydroxylation is 4. The number of pyridine rings is 1. The molecule has 12 rings (SSSR count). The first-order chi connectivity index (χ1) is 54.4. The van der Waals surface area contributed by atoms with Crippen molar-refractivity contribution in [1.82, 2.24) is 19.3 Å². The molecule has 0 aliphatic carbocycles. The fourth-order valence-corrected chi connectivity index (χ4v) is 13.2. The van der Waals surface area contributed by atoms with Gasteiger partial charge in [0.2, 0.25) is 0 Å². The predicted molar refractivity (Wildman–Crippen MR) is 504 cm³/mol. The third-order valence-electron chi connectivity index (χ3n) is 18.6. The van der Waals surface area contributed by atoms with Gasteiger partial charge < -0.3 is 14.0 Å². The van der Waals surface area contributed by atoms with Gasteiger partial charge in [0, 0.05) is 50.2 Å². The minimum atomic E-state index is -4.37. The van der Waals surface area contributed by atoms with Crippen LogP contribution in [0.15, 0.2) is 241 Å². The zero-order valence-electron chi connectivity index (χ0n) is 71.7. The molecule has 116 heavy (non-hydrogen) atoms. The van der Waals surface area contributed by atoms with Gasteiger partial charge >= 0.3 is 6.18 Å². The summed E-state index contributed by atoms with van der Waals surface area (Å²) in [6, 6.07) is 72.0. The second-order valence-corrected chi connectivity index (χ2v) is 36.2. The van der Waals surface area contributed by atoms with Crippen LogP contribution < -0.4 is 9.47 Å². The Labute approximate surface area is 739 Å². The van der Waals surface area contributed by atoms with E-state index in [2.05, 4.69) is 319 Å². The normalized spacial score (nSPS) is 11.1. The van der Waals surface area contributed by atoms with Gasteiger partial charge in [-0.25, -0.2) is 4.68 Å². The summed E-state index contributed by atoms with van der Waals surface area (Å²) in [6.45, 7) is 49.3. The molecule has 0 bridgehead atoms. The van der Waals surface area contributed by atoms with Crippen LogP contribution in [0.3, 0.4) is 0 Å². The molecule has 0 spiro atoms. The van der Waals surface area contributed by atoms with Gasteiger partial charge in [0.05, 0.1) is 35.6 Å². The summed E-state index contributed by atoms with van der Waals surface area (Å²) in [5.41, 5.74) is 17.7. The summed E-state index contributed by atoms with van der Waals surface area (Å²) in [4.78, 5) is 4.32. The molecule has 9 aromatic carbocycles. The third-order valence-corrected chi connectivity index (χ3v) is 22.2. The number of rotatable bonds is 15. The summed E-state index contributed by atoms with van der Waals surface area (Å²) < 4.78 is 55.1. The minimum absolute atomic E-state index is 0.0633. The van der Waals surface area contributed by atoms with Crippen LogP contribution in [0, 0.1) is 24.3 Å². The quantitative estimate of drug-likeness (QED) is 0.0758. The first-order valence-electron chi connectivity index (χ1n) is 39.6. The maximum atomic E-state index is 12.4. The molecule has 0 aliphatic heterocycles. The number of halogens is 10. The number of hydrogen-bond donors (Lipinski definition) is 0. The molecule has 0 amide bonds. The largest absolute Gasteiger partial charge is 0.457 e. The highest BCUT2D eigenvalue weighted by atomic mass is 127. The van der Waals surface area contributed by atoms with E-state index in [-0.39, 0.29) is 16.4 Å². The summed E-state index contributed by atoms with van der Waals surface area (Å²) >= 11 is 35.0. The molecule has 0 atom stereocenters. The molecule has 3 aromatic heterocycles. The molecular formula is C100H118BrCl5F3IN4O2. The Kier molecular flexibility index (Phi) is 41.1. The highest BCUT2D eigenvalue weighted by molar-refractivity contribution is 14.1. The minimum Gasteiger partial charge on any atom is -0.457 e. The van der Waals surface area contributed by atoms with Crippen LogP contribution >= 0.6 is 96.5 Å². The Bertz CT molecular complexity index is 4910. The van der Waals surface area contributed by atoms with Crippen molar-refractivity contribution < 1.29 is 22.6 Å². The molecule has 0 aliphatic rings. The van der Waals surface area contributed by atoms with Gasteiger partial charge in [-0.15, -0.1) is 0 Å². The van der Waals surface area contributed by atoms with Crippen LogP contribution in [-0.4, -0.2) is 19.3 Å². The van der Waals surface area contributed by atoms with Gasteiger partial charge in [-0.2, -0.15) is 18.3 Å². The van der Waals surface area contributed by atoms with Crippen molar-refractivity contribution in [2.75, 3.05) is 0 Å². The molecule has 0 N–H and O–H groups in total. The molecule has 0 saturated carbocycles. The van der Waals surface area contributed by atoms with Crippen LogP contribution in [0.4, 0.5) is 13.2 Å². The first kappa shape index (κ1) is 99.2. The molecule has 0 radical (unpaired) electrons. The van der Waals surface area contributed by atoms with Gasteiger partial charge in [-0.05, 0) is 292 Å². The number of ether oxygens (including phenoxy) is 2. The molecular weight excluding hydrogens is 1730 g/mol. The number of aromatic nitrogens is 4. The van der Waals surface area contributed by atoms with Crippen LogP contribution in [-0.2, 0) is 18.0 Å². The van der Waals surface area contributed by atoms with Crippen molar-refractivity contribution in [3.05, 3.63) is 348 Å².